The Hall–Kier alpha value is -2.86. The van der Waals surface area contributed by atoms with Crippen molar-refractivity contribution < 1.29 is 4.39 Å². The molecule has 0 amide bonds. The molecule has 26 heavy (non-hydrogen) atoms. The van der Waals surface area contributed by atoms with Crippen LogP contribution in [0.4, 0.5) is 4.39 Å². The highest BCUT2D eigenvalue weighted by Gasteiger charge is 2.25. The average Bonchev–Trinajstić information content (AvgIpc) is 3.12. The van der Waals surface area contributed by atoms with E-state index in [9.17, 15) is 9.18 Å². The van der Waals surface area contributed by atoms with Gasteiger partial charge in [-0.05, 0) is 42.8 Å². The van der Waals surface area contributed by atoms with E-state index in [1.807, 2.05) is 24.3 Å². The summed E-state index contributed by atoms with van der Waals surface area (Å²) in [5, 5.41) is 0. The van der Waals surface area contributed by atoms with Crippen LogP contribution in [0.5, 0.6) is 0 Å². The monoisotopic (exact) mass is 350 g/mol. The Labute approximate surface area is 150 Å². The van der Waals surface area contributed by atoms with E-state index in [0.29, 0.717) is 5.82 Å². The summed E-state index contributed by atoms with van der Waals surface area (Å²) in [5.41, 5.74) is 2.62. The predicted octanol–water partition coefficient (Wildman–Crippen LogP) is 2.96. The van der Waals surface area contributed by atoms with Crippen LogP contribution in [0.1, 0.15) is 23.6 Å². The first-order valence-electron chi connectivity index (χ1n) is 8.66. The molecule has 0 bridgehead atoms. The van der Waals surface area contributed by atoms with Gasteiger partial charge in [-0.25, -0.2) is 9.37 Å². The third kappa shape index (κ3) is 3.70. The van der Waals surface area contributed by atoms with Crippen LogP contribution in [0.2, 0.25) is 0 Å². The highest BCUT2D eigenvalue weighted by atomic mass is 19.1. The van der Waals surface area contributed by atoms with Gasteiger partial charge in [0.25, 0.3) is 5.56 Å². The molecule has 1 aliphatic rings. The van der Waals surface area contributed by atoms with E-state index in [4.69, 9.17) is 0 Å². The number of aromatic nitrogens is 3. The molecule has 1 aromatic carbocycles. The molecule has 0 spiro atoms. The molecule has 1 unspecified atom stereocenters. The van der Waals surface area contributed by atoms with Gasteiger partial charge in [0.15, 0.2) is 0 Å². The van der Waals surface area contributed by atoms with Gasteiger partial charge in [0.1, 0.15) is 11.6 Å². The molecule has 2 aromatic heterocycles. The van der Waals surface area contributed by atoms with Gasteiger partial charge >= 0.3 is 0 Å². The van der Waals surface area contributed by atoms with Crippen molar-refractivity contribution in [1.82, 2.24) is 19.9 Å². The lowest BCUT2D eigenvalue weighted by atomic mass is 10.0. The molecule has 0 saturated carbocycles. The maximum absolute atomic E-state index is 13.0. The predicted molar refractivity (Wildman–Crippen MR) is 97.1 cm³/mol. The number of hydrogen-bond acceptors (Lipinski definition) is 4. The fourth-order valence-electron chi connectivity index (χ4n) is 3.40. The number of rotatable bonds is 4. The zero-order valence-corrected chi connectivity index (χ0v) is 14.2. The van der Waals surface area contributed by atoms with Gasteiger partial charge in [0.2, 0.25) is 0 Å². The summed E-state index contributed by atoms with van der Waals surface area (Å²) in [6.07, 6.45) is 4.32. The Morgan fingerprint density at radius 2 is 1.92 bits per heavy atom. The molecule has 5 nitrogen and oxygen atoms in total. The SMILES string of the molecule is O=c1cc(C2CCN(Cc3ccc(F)cc3)C2)nc(-c2ccncc2)[nH]1. The Bertz CT molecular complexity index is 940. The third-order valence-corrected chi connectivity index (χ3v) is 4.73. The van der Waals surface area contributed by atoms with Crippen molar-refractivity contribution in [3.05, 3.63) is 82.3 Å². The summed E-state index contributed by atoms with van der Waals surface area (Å²) >= 11 is 0. The van der Waals surface area contributed by atoms with Crippen LogP contribution in [-0.2, 0) is 6.54 Å². The quantitative estimate of drug-likeness (QED) is 0.786. The average molecular weight is 350 g/mol. The lowest BCUT2D eigenvalue weighted by Crippen LogP contribution is -2.20. The minimum atomic E-state index is -0.218. The fraction of sp³-hybridized carbons (Fsp3) is 0.250. The lowest BCUT2D eigenvalue weighted by Gasteiger charge is -2.16. The Morgan fingerprint density at radius 1 is 1.15 bits per heavy atom. The number of H-pyrrole nitrogens is 1. The number of likely N-dealkylation sites (tertiary alicyclic amines) is 1. The fourth-order valence-corrected chi connectivity index (χ4v) is 3.40. The standard InChI is InChI=1S/C20H19FN4O/c21-17-3-1-14(2-4-17)12-25-10-7-16(13-25)18-11-19(26)24-20(23-18)15-5-8-22-9-6-15/h1-6,8-9,11,16H,7,10,12-13H2,(H,23,24,26). The molecule has 6 heteroatoms. The summed E-state index contributed by atoms with van der Waals surface area (Å²) in [4.78, 5) is 25.9. The van der Waals surface area contributed by atoms with Crippen LogP contribution >= 0.6 is 0 Å². The molecule has 1 fully saturated rings. The first kappa shape index (κ1) is 16.6. The van der Waals surface area contributed by atoms with Gasteiger partial charge in [0.05, 0.1) is 5.69 Å². The van der Waals surface area contributed by atoms with Gasteiger partial charge in [-0.3, -0.25) is 14.7 Å². The topological polar surface area (TPSA) is 61.9 Å². The van der Waals surface area contributed by atoms with Crippen LogP contribution in [0.15, 0.2) is 59.7 Å². The molecule has 1 atom stereocenters. The van der Waals surface area contributed by atoms with Gasteiger partial charge in [-0.2, -0.15) is 0 Å². The number of benzene rings is 1. The van der Waals surface area contributed by atoms with E-state index in [-0.39, 0.29) is 17.3 Å². The molecule has 3 aromatic rings. The number of nitrogens with zero attached hydrogens (tertiary/aromatic N) is 3. The van der Waals surface area contributed by atoms with Gasteiger partial charge in [0, 0.05) is 43.0 Å². The van der Waals surface area contributed by atoms with E-state index < -0.39 is 0 Å². The number of halogens is 1. The van der Waals surface area contributed by atoms with Gasteiger partial charge in [-0.15, -0.1) is 0 Å². The first-order chi connectivity index (χ1) is 12.7. The van der Waals surface area contributed by atoms with Crippen molar-refractivity contribution in [2.75, 3.05) is 13.1 Å². The van der Waals surface area contributed by atoms with E-state index in [2.05, 4.69) is 19.9 Å². The number of nitrogens with one attached hydrogen (secondary N) is 1. The maximum atomic E-state index is 13.0. The van der Waals surface area contributed by atoms with Crippen LogP contribution in [0.3, 0.4) is 0 Å². The van der Waals surface area contributed by atoms with E-state index in [1.165, 1.54) is 12.1 Å². The van der Waals surface area contributed by atoms with Crippen molar-refractivity contribution in [2.45, 2.75) is 18.9 Å². The molecule has 0 aliphatic carbocycles. The minimum absolute atomic E-state index is 0.140. The van der Waals surface area contributed by atoms with E-state index >= 15 is 0 Å². The zero-order valence-electron chi connectivity index (χ0n) is 14.2. The molecule has 1 aliphatic heterocycles. The molecule has 1 N–H and O–H groups in total. The second-order valence-electron chi connectivity index (χ2n) is 6.60. The summed E-state index contributed by atoms with van der Waals surface area (Å²) in [6, 6.07) is 11.9. The number of pyridine rings is 1. The zero-order chi connectivity index (χ0) is 17.9. The summed E-state index contributed by atoms with van der Waals surface area (Å²) in [6.45, 7) is 2.54. The molecule has 3 heterocycles. The molecular weight excluding hydrogens is 331 g/mol. The highest BCUT2D eigenvalue weighted by Crippen LogP contribution is 2.27. The van der Waals surface area contributed by atoms with E-state index in [1.54, 1.807) is 18.5 Å². The smallest absolute Gasteiger partial charge is 0.251 e. The maximum Gasteiger partial charge on any atom is 0.251 e. The van der Waals surface area contributed by atoms with Gasteiger partial charge in [-0.1, -0.05) is 12.1 Å². The van der Waals surface area contributed by atoms with Crippen LogP contribution in [0.25, 0.3) is 11.4 Å². The van der Waals surface area contributed by atoms with Crippen molar-refractivity contribution in [3.8, 4) is 11.4 Å². The summed E-state index contributed by atoms with van der Waals surface area (Å²) in [7, 11) is 0. The second-order valence-corrected chi connectivity index (χ2v) is 6.60. The number of hydrogen-bond donors (Lipinski definition) is 1. The molecule has 1 saturated heterocycles. The molecular formula is C20H19FN4O. The second kappa shape index (κ2) is 7.17. The van der Waals surface area contributed by atoms with Gasteiger partial charge < -0.3 is 4.98 Å². The minimum Gasteiger partial charge on any atom is -0.307 e. The van der Waals surface area contributed by atoms with Crippen molar-refractivity contribution in [3.63, 3.8) is 0 Å². The Morgan fingerprint density at radius 3 is 2.69 bits per heavy atom. The van der Waals surface area contributed by atoms with Crippen LogP contribution in [-0.4, -0.2) is 32.9 Å². The lowest BCUT2D eigenvalue weighted by molar-refractivity contribution is 0.326. The Kier molecular flexibility index (Phi) is 4.58. The van der Waals surface area contributed by atoms with Crippen LogP contribution < -0.4 is 5.56 Å². The van der Waals surface area contributed by atoms with Crippen molar-refractivity contribution >= 4 is 0 Å². The number of aromatic amines is 1. The van der Waals surface area contributed by atoms with Crippen LogP contribution in [0, 0.1) is 5.82 Å². The van der Waals surface area contributed by atoms with E-state index in [0.717, 1.165) is 42.9 Å². The summed E-state index contributed by atoms with van der Waals surface area (Å²) in [5.74, 6) is 0.578. The summed E-state index contributed by atoms with van der Waals surface area (Å²) < 4.78 is 13.0. The normalized spacial score (nSPS) is 17.5. The largest absolute Gasteiger partial charge is 0.307 e. The first-order valence-corrected chi connectivity index (χ1v) is 8.66. The Balaban J connectivity index is 1.51. The van der Waals surface area contributed by atoms with Crippen molar-refractivity contribution in [1.29, 1.82) is 0 Å². The molecule has 132 valence electrons. The molecule has 4 rings (SSSR count). The third-order valence-electron chi connectivity index (χ3n) is 4.73. The molecule has 0 radical (unpaired) electrons. The van der Waals surface area contributed by atoms with Crippen molar-refractivity contribution in [2.24, 2.45) is 0 Å². The highest BCUT2D eigenvalue weighted by molar-refractivity contribution is 5.53.